The Morgan fingerprint density at radius 3 is 2.14 bits per heavy atom. The second-order valence-electron chi connectivity index (χ2n) is 9.23. The van der Waals surface area contributed by atoms with E-state index < -0.39 is 6.04 Å². The molecule has 2 amide bonds. The average Bonchev–Trinajstić information content (AvgIpc) is 2.87. The molecule has 0 aliphatic heterocycles. The van der Waals surface area contributed by atoms with Gasteiger partial charge in [-0.1, -0.05) is 96.4 Å². The minimum atomic E-state index is -0.709. The summed E-state index contributed by atoms with van der Waals surface area (Å²) in [6, 6.07) is 22.5. The Morgan fingerprint density at radius 1 is 0.889 bits per heavy atom. The Kier molecular flexibility index (Phi) is 10.4. The van der Waals surface area contributed by atoms with Gasteiger partial charge >= 0.3 is 0 Å². The van der Waals surface area contributed by atoms with E-state index in [9.17, 15) is 9.59 Å². The number of nitrogens with one attached hydrogen (secondary N) is 1. The van der Waals surface area contributed by atoms with Crippen molar-refractivity contribution >= 4 is 35.0 Å². The topological polar surface area (TPSA) is 49.4 Å². The van der Waals surface area contributed by atoms with Crippen LogP contribution in [0, 0.1) is 6.92 Å². The first-order valence-electron chi connectivity index (χ1n) is 12.4. The van der Waals surface area contributed by atoms with Crippen molar-refractivity contribution in [3.05, 3.63) is 105 Å². The van der Waals surface area contributed by atoms with E-state index in [0.29, 0.717) is 28.5 Å². The molecule has 4 nitrogen and oxygen atoms in total. The summed E-state index contributed by atoms with van der Waals surface area (Å²) in [6.07, 6.45) is 2.03. The number of hydrogen-bond donors (Lipinski definition) is 1. The van der Waals surface area contributed by atoms with Crippen LogP contribution < -0.4 is 5.32 Å². The molecule has 1 N–H and O–H groups in total. The van der Waals surface area contributed by atoms with Gasteiger partial charge in [0.25, 0.3) is 0 Å². The molecule has 3 rings (SSSR count). The zero-order valence-electron chi connectivity index (χ0n) is 21.1. The van der Waals surface area contributed by atoms with Crippen molar-refractivity contribution in [2.45, 2.75) is 65.1 Å². The summed E-state index contributed by atoms with van der Waals surface area (Å²) < 4.78 is 0. The minimum absolute atomic E-state index is 0.0100. The molecule has 0 radical (unpaired) electrons. The third-order valence-corrected chi connectivity index (χ3v) is 7.12. The van der Waals surface area contributed by atoms with Crippen LogP contribution in [0.1, 0.15) is 48.9 Å². The van der Waals surface area contributed by atoms with Gasteiger partial charge in [0.1, 0.15) is 6.04 Å². The van der Waals surface area contributed by atoms with Crippen LogP contribution in [0.15, 0.2) is 72.8 Å². The third-order valence-electron chi connectivity index (χ3n) is 6.41. The van der Waals surface area contributed by atoms with Crippen LogP contribution >= 0.6 is 23.2 Å². The van der Waals surface area contributed by atoms with Crippen molar-refractivity contribution < 1.29 is 9.59 Å². The lowest BCUT2D eigenvalue weighted by molar-refractivity contribution is -0.141. The molecule has 0 unspecified atom stereocenters. The van der Waals surface area contributed by atoms with Gasteiger partial charge in [-0.3, -0.25) is 9.59 Å². The molecule has 190 valence electrons. The highest BCUT2D eigenvalue weighted by Gasteiger charge is 2.31. The van der Waals surface area contributed by atoms with Gasteiger partial charge in [-0.25, -0.2) is 0 Å². The molecule has 3 aromatic rings. The molecule has 3 aromatic carbocycles. The molecule has 6 heteroatoms. The molecule has 0 aliphatic carbocycles. The maximum absolute atomic E-state index is 13.8. The number of amides is 2. The minimum Gasteiger partial charge on any atom is -0.352 e. The van der Waals surface area contributed by atoms with E-state index in [1.807, 2.05) is 75.4 Å². The van der Waals surface area contributed by atoms with Gasteiger partial charge in [-0.2, -0.15) is 0 Å². The van der Waals surface area contributed by atoms with Gasteiger partial charge in [-0.15, -0.1) is 0 Å². The summed E-state index contributed by atoms with van der Waals surface area (Å²) in [5.41, 5.74) is 3.86. The fourth-order valence-electron chi connectivity index (χ4n) is 4.00. The summed E-state index contributed by atoms with van der Waals surface area (Å²) >= 11 is 13.0. The predicted octanol–water partition coefficient (Wildman–Crippen LogP) is 6.79. The summed E-state index contributed by atoms with van der Waals surface area (Å²) in [6.45, 7) is 6.17. The predicted molar refractivity (Wildman–Crippen MR) is 148 cm³/mol. The van der Waals surface area contributed by atoms with Crippen LogP contribution in [-0.4, -0.2) is 28.8 Å². The lowest BCUT2D eigenvalue weighted by Crippen LogP contribution is -2.52. The number of aryl methyl sites for hydroxylation is 2. The number of hydrogen-bond acceptors (Lipinski definition) is 2. The second kappa shape index (κ2) is 13.5. The molecule has 0 bridgehead atoms. The first-order valence-corrected chi connectivity index (χ1v) is 13.2. The number of carbonyl (C=O) groups is 2. The van der Waals surface area contributed by atoms with Gasteiger partial charge in [0.05, 0.1) is 0 Å². The van der Waals surface area contributed by atoms with Crippen molar-refractivity contribution in [1.29, 1.82) is 0 Å². The van der Waals surface area contributed by atoms with Crippen LogP contribution in [-0.2, 0) is 29.0 Å². The van der Waals surface area contributed by atoms with Gasteiger partial charge in [0, 0.05) is 41.0 Å². The Labute approximate surface area is 224 Å². The van der Waals surface area contributed by atoms with Gasteiger partial charge in [0.2, 0.25) is 11.8 Å². The zero-order chi connectivity index (χ0) is 26.1. The van der Waals surface area contributed by atoms with Crippen LogP contribution in [0.25, 0.3) is 0 Å². The van der Waals surface area contributed by atoms with E-state index in [1.165, 1.54) is 5.56 Å². The maximum atomic E-state index is 13.8. The van der Waals surface area contributed by atoms with E-state index >= 15 is 0 Å². The molecule has 0 aromatic heterocycles. The largest absolute Gasteiger partial charge is 0.352 e. The fourth-order valence-corrected chi connectivity index (χ4v) is 4.52. The summed E-state index contributed by atoms with van der Waals surface area (Å²) in [7, 11) is 0. The maximum Gasteiger partial charge on any atom is 0.243 e. The smallest absolute Gasteiger partial charge is 0.243 e. The van der Waals surface area contributed by atoms with Gasteiger partial charge < -0.3 is 10.2 Å². The summed E-state index contributed by atoms with van der Waals surface area (Å²) in [5.74, 6) is -0.299. The number of halogens is 2. The first-order chi connectivity index (χ1) is 17.3. The molecular weight excluding hydrogens is 491 g/mol. The van der Waals surface area contributed by atoms with Crippen molar-refractivity contribution in [2.24, 2.45) is 0 Å². The highest BCUT2D eigenvalue weighted by atomic mass is 35.5. The van der Waals surface area contributed by atoms with E-state index in [1.54, 1.807) is 23.1 Å². The summed E-state index contributed by atoms with van der Waals surface area (Å²) in [5, 5.41) is 4.03. The highest BCUT2D eigenvalue weighted by molar-refractivity contribution is 6.36. The number of benzene rings is 3. The van der Waals surface area contributed by atoms with Crippen LogP contribution in [0.2, 0.25) is 10.0 Å². The van der Waals surface area contributed by atoms with E-state index in [-0.39, 0.29) is 30.8 Å². The van der Waals surface area contributed by atoms with Crippen LogP contribution in [0.5, 0.6) is 0 Å². The molecule has 0 heterocycles. The van der Waals surface area contributed by atoms with Crippen LogP contribution in [0.4, 0.5) is 0 Å². The molecule has 0 spiro atoms. The molecule has 0 fully saturated rings. The monoisotopic (exact) mass is 524 g/mol. The van der Waals surface area contributed by atoms with Gasteiger partial charge in [0.15, 0.2) is 0 Å². The van der Waals surface area contributed by atoms with Crippen molar-refractivity contribution in [2.75, 3.05) is 0 Å². The van der Waals surface area contributed by atoms with Crippen molar-refractivity contribution in [3.8, 4) is 0 Å². The van der Waals surface area contributed by atoms with Crippen molar-refractivity contribution in [1.82, 2.24) is 10.2 Å². The quantitative estimate of drug-likeness (QED) is 0.300. The average molecular weight is 526 g/mol. The SMILES string of the molecule is CC[C@@H](C)NC(=O)[C@H](Cc1ccccc1)N(Cc1c(Cl)cccc1Cl)C(=O)CCc1ccc(C)cc1. The number of nitrogens with zero attached hydrogens (tertiary/aromatic N) is 1. The van der Waals surface area contributed by atoms with E-state index in [4.69, 9.17) is 23.2 Å². The molecule has 0 saturated carbocycles. The highest BCUT2D eigenvalue weighted by Crippen LogP contribution is 2.27. The second-order valence-corrected chi connectivity index (χ2v) is 10.0. The fraction of sp³-hybridized carbons (Fsp3) is 0.333. The Hall–Kier alpha value is -2.82. The van der Waals surface area contributed by atoms with Gasteiger partial charge in [-0.05, 0) is 49.9 Å². The number of carbonyl (C=O) groups excluding carboxylic acids is 2. The molecule has 36 heavy (non-hydrogen) atoms. The molecule has 0 aliphatic rings. The normalized spacial score (nSPS) is 12.6. The lowest BCUT2D eigenvalue weighted by Gasteiger charge is -2.33. The zero-order valence-corrected chi connectivity index (χ0v) is 22.6. The summed E-state index contributed by atoms with van der Waals surface area (Å²) in [4.78, 5) is 29.0. The standard InChI is InChI=1S/C30H34Cl2N2O2/c1-4-22(3)33-30(36)28(19-24-9-6-5-7-10-24)34(20-25-26(31)11-8-12-27(25)32)29(35)18-17-23-15-13-21(2)14-16-23/h5-16,22,28H,4,17-20H2,1-3H3,(H,33,36)/t22-,28+/m1/s1. The first kappa shape index (κ1) is 27.8. The van der Waals surface area contributed by atoms with E-state index in [0.717, 1.165) is 17.5 Å². The van der Waals surface area contributed by atoms with Crippen molar-refractivity contribution in [3.63, 3.8) is 0 Å². The Bertz CT molecular complexity index is 1130. The molecular formula is C30H34Cl2N2O2. The van der Waals surface area contributed by atoms with E-state index in [2.05, 4.69) is 5.32 Å². The Morgan fingerprint density at radius 2 is 1.53 bits per heavy atom. The molecule has 0 saturated heterocycles. The van der Waals surface area contributed by atoms with Crippen LogP contribution in [0.3, 0.4) is 0 Å². The Balaban J connectivity index is 1.95. The third kappa shape index (κ3) is 7.84. The lowest BCUT2D eigenvalue weighted by atomic mass is 10.0. The number of rotatable bonds is 11. The molecule has 2 atom stereocenters.